The Labute approximate surface area is 94.7 Å². The Bertz CT molecular complexity index is 424. The Morgan fingerprint density at radius 1 is 1.31 bits per heavy atom. The molecule has 0 aromatic carbocycles. The average Bonchev–Trinajstić information content (AvgIpc) is 2.41. The van der Waals surface area contributed by atoms with Gasteiger partial charge in [-0.25, -0.2) is 4.79 Å². The summed E-state index contributed by atoms with van der Waals surface area (Å²) in [5, 5.41) is 6.56. The molecule has 0 radical (unpaired) electrons. The number of nitrogens with one attached hydrogen (secondary N) is 3. The number of fused-ring (bicyclic) bond motifs is 1. The lowest BCUT2D eigenvalue weighted by Gasteiger charge is -2.14. The number of anilines is 1. The van der Waals surface area contributed by atoms with E-state index in [9.17, 15) is 4.79 Å². The topological polar surface area (TPSA) is 69.8 Å². The third-order valence-corrected chi connectivity index (χ3v) is 2.65. The van der Waals surface area contributed by atoms with E-state index in [1.165, 1.54) is 0 Å². The van der Waals surface area contributed by atoms with Crippen LogP contribution < -0.4 is 16.3 Å². The van der Waals surface area contributed by atoms with Crippen LogP contribution in [0.25, 0.3) is 0 Å². The van der Waals surface area contributed by atoms with Gasteiger partial charge < -0.3 is 15.6 Å². The molecule has 1 aromatic heterocycles. The van der Waals surface area contributed by atoms with Gasteiger partial charge in [0.25, 0.3) is 0 Å². The summed E-state index contributed by atoms with van der Waals surface area (Å²) in [4.78, 5) is 18.3. The number of aromatic nitrogens is 2. The van der Waals surface area contributed by atoms with E-state index >= 15 is 0 Å². The summed E-state index contributed by atoms with van der Waals surface area (Å²) in [7, 11) is 0. The van der Waals surface area contributed by atoms with Crippen LogP contribution in [0.15, 0.2) is 4.79 Å². The molecule has 88 valence electrons. The van der Waals surface area contributed by atoms with Crippen molar-refractivity contribution in [1.82, 2.24) is 15.3 Å². The van der Waals surface area contributed by atoms with Gasteiger partial charge in [-0.1, -0.05) is 0 Å². The van der Waals surface area contributed by atoms with Crippen LogP contribution in [0.5, 0.6) is 0 Å². The number of rotatable bonds is 2. The molecule has 0 bridgehead atoms. The van der Waals surface area contributed by atoms with Gasteiger partial charge in [-0.3, -0.25) is 0 Å². The van der Waals surface area contributed by atoms with Crippen LogP contribution in [0.4, 0.5) is 5.82 Å². The number of nitrogens with zero attached hydrogens (tertiary/aromatic N) is 1. The van der Waals surface area contributed by atoms with E-state index in [0.717, 1.165) is 43.0 Å². The summed E-state index contributed by atoms with van der Waals surface area (Å²) >= 11 is 0. The Morgan fingerprint density at radius 3 is 2.81 bits per heavy atom. The van der Waals surface area contributed by atoms with Gasteiger partial charge in [-0.15, -0.1) is 0 Å². The highest BCUT2D eigenvalue weighted by Crippen LogP contribution is 2.17. The van der Waals surface area contributed by atoms with Crippen LogP contribution in [0.2, 0.25) is 0 Å². The fourth-order valence-corrected chi connectivity index (χ4v) is 1.97. The molecule has 2 rings (SSSR count). The molecular formula is C11H18N4O. The van der Waals surface area contributed by atoms with Crippen molar-refractivity contribution in [2.75, 3.05) is 18.4 Å². The molecular weight excluding hydrogens is 204 g/mol. The predicted octanol–water partition coefficient (Wildman–Crippen LogP) is 0.278. The highest BCUT2D eigenvalue weighted by atomic mass is 16.1. The van der Waals surface area contributed by atoms with Crippen LogP contribution in [-0.4, -0.2) is 29.1 Å². The smallest absolute Gasteiger partial charge is 0.347 e. The van der Waals surface area contributed by atoms with Crippen molar-refractivity contribution in [2.24, 2.45) is 0 Å². The quantitative estimate of drug-likeness (QED) is 0.672. The maximum absolute atomic E-state index is 11.4. The van der Waals surface area contributed by atoms with Crippen molar-refractivity contribution < 1.29 is 0 Å². The summed E-state index contributed by atoms with van der Waals surface area (Å²) in [6.45, 7) is 5.94. The minimum absolute atomic E-state index is 0.260. The number of hydrogen-bond donors (Lipinski definition) is 3. The van der Waals surface area contributed by atoms with Crippen LogP contribution in [0, 0.1) is 0 Å². The Morgan fingerprint density at radius 2 is 2.06 bits per heavy atom. The third-order valence-electron chi connectivity index (χ3n) is 2.65. The first-order valence-electron chi connectivity index (χ1n) is 5.76. The second kappa shape index (κ2) is 4.65. The van der Waals surface area contributed by atoms with Gasteiger partial charge in [0.05, 0.1) is 0 Å². The molecule has 0 unspecified atom stereocenters. The number of hydrogen-bond acceptors (Lipinski definition) is 4. The van der Waals surface area contributed by atoms with Gasteiger partial charge >= 0.3 is 5.69 Å². The third kappa shape index (κ3) is 2.41. The zero-order valence-corrected chi connectivity index (χ0v) is 9.76. The van der Waals surface area contributed by atoms with E-state index in [1.807, 2.05) is 13.8 Å². The molecule has 0 amide bonds. The lowest BCUT2D eigenvalue weighted by Crippen LogP contribution is -2.22. The Kier molecular flexibility index (Phi) is 3.24. The van der Waals surface area contributed by atoms with E-state index in [-0.39, 0.29) is 11.7 Å². The van der Waals surface area contributed by atoms with Crippen LogP contribution in [-0.2, 0) is 12.8 Å². The lowest BCUT2D eigenvalue weighted by molar-refractivity contribution is 0.708. The summed E-state index contributed by atoms with van der Waals surface area (Å²) in [5.41, 5.74) is 1.91. The van der Waals surface area contributed by atoms with Crippen molar-refractivity contribution >= 4 is 5.82 Å². The molecule has 3 N–H and O–H groups in total. The summed E-state index contributed by atoms with van der Waals surface area (Å²) in [6.07, 6.45) is 1.77. The average molecular weight is 222 g/mol. The van der Waals surface area contributed by atoms with Crippen LogP contribution in [0.3, 0.4) is 0 Å². The van der Waals surface area contributed by atoms with Gasteiger partial charge in [0.2, 0.25) is 0 Å². The second-order valence-electron chi connectivity index (χ2n) is 4.40. The highest BCUT2D eigenvalue weighted by Gasteiger charge is 2.14. The van der Waals surface area contributed by atoms with Gasteiger partial charge in [0.1, 0.15) is 5.82 Å². The van der Waals surface area contributed by atoms with E-state index in [2.05, 4.69) is 20.6 Å². The van der Waals surface area contributed by atoms with Crippen molar-refractivity contribution in [3.63, 3.8) is 0 Å². The number of aromatic amines is 1. The van der Waals surface area contributed by atoms with E-state index in [0.29, 0.717) is 0 Å². The maximum Gasteiger partial charge on any atom is 0.347 e. The molecule has 5 heteroatoms. The molecule has 0 atom stereocenters. The lowest BCUT2D eigenvalue weighted by atomic mass is 10.1. The van der Waals surface area contributed by atoms with Gasteiger partial charge in [0.15, 0.2) is 0 Å². The standard InChI is InChI=1S/C11H18N4O/c1-7(2)13-10-8-3-5-12-6-4-9(8)14-11(16)15-10/h7,12H,3-6H2,1-2H3,(H2,13,14,15,16). The maximum atomic E-state index is 11.4. The molecule has 5 nitrogen and oxygen atoms in total. The summed E-state index contributed by atoms with van der Waals surface area (Å²) in [6, 6.07) is 0.287. The van der Waals surface area contributed by atoms with Crippen molar-refractivity contribution in [1.29, 1.82) is 0 Å². The first-order chi connectivity index (χ1) is 7.66. The largest absolute Gasteiger partial charge is 0.367 e. The summed E-state index contributed by atoms with van der Waals surface area (Å²) in [5.74, 6) is 0.748. The van der Waals surface area contributed by atoms with Crippen molar-refractivity contribution in [3.8, 4) is 0 Å². The Balaban J connectivity index is 2.42. The van der Waals surface area contributed by atoms with Crippen LogP contribution in [0.1, 0.15) is 25.1 Å². The minimum atomic E-state index is -0.260. The van der Waals surface area contributed by atoms with Gasteiger partial charge in [0, 0.05) is 30.3 Å². The molecule has 1 aliphatic rings. The molecule has 0 saturated carbocycles. The predicted molar refractivity (Wildman–Crippen MR) is 63.9 cm³/mol. The fourth-order valence-electron chi connectivity index (χ4n) is 1.97. The monoisotopic (exact) mass is 222 g/mol. The molecule has 1 aromatic rings. The van der Waals surface area contributed by atoms with Crippen molar-refractivity contribution in [2.45, 2.75) is 32.7 Å². The molecule has 1 aliphatic heterocycles. The van der Waals surface area contributed by atoms with E-state index < -0.39 is 0 Å². The molecule has 0 aliphatic carbocycles. The van der Waals surface area contributed by atoms with Crippen LogP contribution >= 0.6 is 0 Å². The zero-order chi connectivity index (χ0) is 11.5. The first-order valence-corrected chi connectivity index (χ1v) is 5.76. The molecule has 0 spiro atoms. The number of H-pyrrole nitrogens is 1. The highest BCUT2D eigenvalue weighted by molar-refractivity contribution is 5.47. The molecule has 0 fully saturated rings. The molecule has 2 heterocycles. The van der Waals surface area contributed by atoms with E-state index in [4.69, 9.17) is 0 Å². The van der Waals surface area contributed by atoms with Gasteiger partial charge in [-0.2, -0.15) is 4.98 Å². The Hall–Kier alpha value is -1.36. The van der Waals surface area contributed by atoms with Crippen molar-refractivity contribution in [3.05, 3.63) is 21.7 Å². The first kappa shape index (κ1) is 11.1. The van der Waals surface area contributed by atoms with E-state index in [1.54, 1.807) is 0 Å². The molecule has 16 heavy (non-hydrogen) atoms. The second-order valence-corrected chi connectivity index (χ2v) is 4.40. The normalized spacial score (nSPS) is 15.7. The van der Waals surface area contributed by atoms with Gasteiger partial charge in [-0.05, 0) is 26.8 Å². The fraction of sp³-hybridized carbons (Fsp3) is 0.636. The SMILES string of the molecule is CC(C)Nc1nc(=O)[nH]c2c1CCNCC2. The molecule has 0 saturated heterocycles. The summed E-state index contributed by atoms with van der Waals surface area (Å²) < 4.78 is 0. The zero-order valence-electron chi connectivity index (χ0n) is 9.76. The minimum Gasteiger partial charge on any atom is -0.367 e.